The number of likely N-dealkylation sites (tertiary alicyclic amines) is 1. The molecule has 2 aromatic rings. The normalized spacial score (nSPS) is 20.0. The lowest BCUT2D eigenvalue weighted by Crippen LogP contribution is -2.42. The molecule has 0 bridgehead atoms. The van der Waals surface area contributed by atoms with E-state index in [1.54, 1.807) is 54.3 Å². The number of imide groups is 1. The first-order chi connectivity index (χ1) is 14.4. The van der Waals surface area contributed by atoms with Crippen LogP contribution in [0.25, 0.3) is 0 Å². The van der Waals surface area contributed by atoms with Crippen LogP contribution in [0.2, 0.25) is 0 Å². The predicted octanol–water partition coefficient (Wildman–Crippen LogP) is 3.41. The van der Waals surface area contributed by atoms with E-state index < -0.39 is 5.82 Å². The van der Waals surface area contributed by atoms with Crippen molar-refractivity contribution in [2.75, 3.05) is 18.0 Å². The molecule has 2 saturated heterocycles. The topological polar surface area (TPSA) is 66.9 Å². The number of piperidine rings is 1. The van der Waals surface area contributed by atoms with Crippen LogP contribution < -0.4 is 9.64 Å². The molecule has 0 aromatic heterocycles. The third-order valence-corrected chi connectivity index (χ3v) is 5.58. The predicted molar refractivity (Wildman–Crippen MR) is 109 cm³/mol. The quantitative estimate of drug-likeness (QED) is 0.725. The van der Waals surface area contributed by atoms with Gasteiger partial charge in [0.2, 0.25) is 11.8 Å². The third kappa shape index (κ3) is 3.92. The van der Waals surface area contributed by atoms with Crippen LogP contribution in [0.3, 0.4) is 0 Å². The number of carbonyl (C=O) groups is 3. The van der Waals surface area contributed by atoms with E-state index >= 15 is 0 Å². The second kappa shape index (κ2) is 8.26. The highest BCUT2D eigenvalue weighted by atomic mass is 19.1. The number of para-hydroxylation sites is 1. The van der Waals surface area contributed by atoms with Crippen molar-refractivity contribution in [2.24, 2.45) is 5.92 Å². The molecule has 0 aliphatic carbocycles. The summed E-state index contributed by atoms with van der Waals surface area (Å²) in [6, 6.07) is 12.9. The van der Waals surface area contributed by atoms with Crippen molar-refractivity contribution in [3.05, 3.63) is 59.9 Å². The van der Waals surface area contributed by atoms with Crippen LogP contribution in [0.15, 0.2) is 48.5 Å². The lowest BCUT2D eigenvalue weighted by atomic mass is 10.1. The Morgan fingerprint density at radius 2 is 1.80 bits per heavy atom. The van der Waals surface area contributed by atoms with Crippen molar-refractivity contribution in [3.8, 4) is 5.75 Å². The van der Waals surface area contributed by atoms with E-state index in [9.17, 15) is 18.8 Å². The fraction of sp³-hybridized carbons (Fsp3) is 0.348. The SMILES string of the molecule is C[C@@H]1CC(=O)N(c2cccc(C(=O)N3CCC(Oc4ccccc4F)CC3)c2)C1=O. The number of benzene rings is 2. The molecule has 0 unspecified atom stereocenters. The molecular formula is C23H23FN2O4. The highest BCUT2D eigenvalue weighted by molar-refractivity contribution is 6.21. The average molecular weight is 410 g/mol. The summed E-state index contributed by atoms with van der Waals surface area (Å²) in [5.41, 5.74) is 0.860. The fourth-order valence-electron chi connectivity index (χ4n) is 3.91. The summed E-state index contributed by atoms with van der Waals surface area (Å²) in [5, 5.41) is 0. The monoisotopic (exact) mass is 410 g/mol. The first kappa shape index (κ1) is 20.1. The summed E-state index contributed by atoms with van der Waals surface area (Å²) in [4.78, 5) is 40.3. The summed E-state index contributed by atoms with van der Waals surface area (Å²) in [5.74, 6) is -1.16. The van der Waals surface area contributed by atoms with E-state index in [1.807, 2.05) is 0 Å². The summed E-state index contributed by atoms with van der Waals surface area (Å²) in [6.07, 6.45) is 1.23. The maximum Gasteiger partial charge on any atom is 0.253 e. The molecule has 4 rings (SSSR count). The minimum Gasteiger partial charge on any atom is -0.487 e. The molecule has 2 aliphatic rings. The Labute approximate surface area is 174 Å². The number of nitrogens with zero attached hydrogens (tertiary/aromatic N) is 2. The summed E-state index contributed by atoms with van der Waals surface area (Å²) >= 11 is 0. The Morgan fingerprint density at radius 3 is 2.47 bits per heavy atom. The van der Waals surface area contributed by atoms with Gasteiger partial charge in [-0.1, -0.05) is 25.1 Å². The number of anilines is 1. The lowest BCUT2D eigenvalue weighted by Gasteiger charge is -2.32. The van der Waals surface area contributed by atoms with Crippen LogP contribution in [-0.4, -0.2) is 41.8 Å². The molecule has 0 radical (unpaired) electrons. The van der Waals surface area contributed by atoms with Gasteiger partial charge in [0.25, 0.3) is 5.91 Å². The standard InChI is InChI=1S/C23H23FN2O4/c1-15-13-21(27)26(22(15)28)17-6-4-5-16(14-17)23(29)25-11-9-18(10-12-25)30-20-8-3-2-7-19(20)24/h2-8,14-15,18H,9-13H2,1H3/t15-/m1/s1. The summed E-state index contributed by atoms with van der Waals surface area (Å²) < 4.78 is 19.5. The molecule has 7 heteroatoms. The molecule has 1 atom stereocenters. The molecule has 2 fully saturated rings. The molecule has 6 nitrogen and oxygen atoms in total. The van der Waals surface area contributed by atoms with Crippen LogP contribution in [0.4, 0.5) is 10.1 Å². The fourth-order valence-corrected chi connectivity index (χ4v) is 3.91. The van der Waals surface area contributed by atoms with Gasteiger partial charge in [0, 0.05) is 43.8 Å². The second-order valence-electron chi connectivity index (χ2n) is 7.76. The Kier molecular flexibility index (Phi) is 5.53. The van der Waals surface area contributed by atoms with E-state index in [0.717, 1.165) is 4.90 Å². The molecular weight excluding hydrogens is 387 g/mol. The van der Waals surface area contributed by atoms with Crippen molar-refractivity contribution in [2.45, 2.75) is 32.3 Å². The third-order valence-electron chi connectivity index (χ3n) is 5.58. The van der Waals surface area contributed by atoms with E-state index in [-0.39, 0.29) is 41.9 Å². The number of carbonyl (C=O) groups excluding carboxylic acids is 3. The van der Waals surface area contributed by atoms with Crippen LogP contribution in [0.5, 0.6) is 5.75 Å². The number of ether oxygens (including phenoxy) is 1. The first-order valence-corrected chi connectivity index (χ1v) is 10.1. The number of amides is 3. The van der Waals surface area contributed by atoms with Crippen molar-refractivity contribution in [1.82, 2.24) is 4.90 Å². The highest BCUT2D eigenvalue weighted by Gasteiger charge is 2.37. The molecule has 0 spiro atoms. The molecule has 156 valence electrons. The molecule has 2 aromatic carbocycles. The number of hydrogen-bond donors (Lipinski definition) is 0. The van der Waals surface area contributed by atoms with Crippen LogP contribution in [0, 0.1) is 11.7 Å². The largest absolute Gasteiger partial charge is 0.487 e. The molecule has 2 aliphatic heterocycles. The van der Waals surface area contributed by atoms with Crippen LogP contribution in [-0.2, 0) is 9.59 Å². The molecule has 0 N–H and O–H groups in total. The minimum absolute atomic E-state index is 0.154. The Hall–Kier alpha value is -3.22. The van der Waals surface area contributed by atoms with E-state index in [1.165, 1.54) is 6.07 Å². The lowest BCUT2D eigenvalue weighted by molar-refractivity contribution is -0.122. The Bertz CT molecular complexity index is 985. The van der Waals surface area contributed by atoms with Crippen molar-refractivity contribution in [3.63, 3.8) is 0 Å². The summed E-state index contributed by atoms with van der Waals surface area (Å²) in [7, 11) is 0. The van der Waals surface area contributed by atoms with Crippen molar-refractivity contribution >= 4 is 23.4 Å². The Morgan fingerprint density at radius 1 is 1.07 bits per heavy atom. The zero-order chi connectivity index (χ0) is 21.3. The highest BCUT2D eigenvalue weighted by Crippen LogP contribution is 2.28. The van der Waals surface area contributed by atoms with Gasteiger partial charge in [0.15, 0.2) is 11.6 Å². The van der Waals surface area contributed by atoms with E-state index in [4.69, 9.17) is 4.74 Å². The smallest absolute Gasteiger partial charge is 0.253 e. The van der Waals surface area contributed by atoms with Gasteiger partial charge in [-0.2, -0.15) is 0 Å². The van der Waals surface area contributed by atoms with Gasteiger partial charge in [0.1, 0.15) is 6.10 Å². The van der Waals surface area contributed by atoms with Crippen LogP contribution >= 0.6 is 0 Å². The molecule has 2 heterocycles. The maximum absolute atomic E-state index is 13.8. The zero-order valence-electron chi connectivity index (χ0n) is 16.7. The van der Waals surface area contributed by atoms with Gasteiger partial charge in [-0.05, 0) is 30.3 Å². The Balaban J connectivity index is 1.41. The van der Waals surface area contributed by atoms with Crippen LogP contribution in [0.1, 0.15) is 36.5 Å². The molecule has 30 heavy (non-hydrogen) atoms. The van der Waals surface area contributed by atoms with Crippen molar-refractivity contribution < 1.29 is 23.5 Å². The van der Waals surface area contributed by atoms with Gasteiger partial charge >= 0.3 is 0 Å². The number of hydrogen-bond acceptors (Lipinski definition) is 4. The maximum atomic E-state index is 13.8. The van der Waals surface area contributed by atoms with Gasteiger partial charge < -0.3 is 9.64 Å². The average Bonchev–Trinajstić information content (AvgIpc) is 3.01. The van der Waals surface area contributed by atoms with E-state index in [2.05, 4.69) is 0 Å². The van der Waals surface area contributed by atoms with Gasteiger partial charge in [-0.15, -0.1) is 0 Å². The minimum atomic E-state index is -0.395. The van der Waals surface area contributed by atoms with Gasteiger partial charge in [0.05, 0.1) is 5.69 Å². The second-order valence-corrected chi connectivity index (χ2v) is 7.76. The number of halogens is 1. The van der Waals surface area contributed by atoms with Crippen molar-refractivity contribution in [1.29, 1.82) is 0 Å². The van der Waals surface area contributed by atoms with E-state index in [0.29, 0.717) is 37.2 Å². The summed E-state index contributed by atoms with van der Waals surface area (Å²) in [6.45, 7) is 2.70. The molecule has 0 saturated carbocycles. The van der Waals surface area contributed by atoms with Gasteiger partial charge in [-0.25, -0.2) is 4.39 Å². The number of rotatable bonds is 4. The van der Waals surface area contributed by atoms with Gasteiger partial charge in [-0.3, -0.25) is 19.3 Å². The zero-order valence-corrected chi connectivity index (χ0v) is 16.7. The first-order valence-electron chi connectivity index (χ1n) is 10.1. The molecule has 3 amide bonds.